The summed E-state index contributed by atoms with van der Waals surface area (Å²) in [6.45, 7) is 3.58. The van der Waals surface area contributed by atoms with Crippen molar-refractivity contribution in [1.29, 1.82) is 0 Å². The quantitative estimate of drug-likeness (QED) is 0.648. The number of nitrogens with one attached hydrogen (secondary N) is 1. The lowest BCUT2D eigenvalue weighted by molar-refractivity contribution is -0.144. The van der Waals surface area contributed by atoms with Gasteiger partial charge in [0.05, 0.1) is 0 Å². The van der Waals surface area contributed by atoms with Gasteiger partial charge in [-0.1, -0.05) is 30.7 Å². The number of carbonyl (C=O) groups excluding carboxylic acids is 2. The van der Waals surface area contributed by atoms with Gasteiger partial charge in [-0.25, -0.2) is 4.79 Å². The van der Waals surface area contributed by atoms with E-state index in [1.165, 1.54) is 6.08 Å². The predicted molar refractivity (Wildman–Crippen MR) is 79.3 cm³/mol. The molecular weight excluding hydrogens is 278 g/mol. The number of benzene rings is 1. The highest BCUT2D eigenvalue weighted by Gasteiger charge is 2.07. The molecule has 1 aromatic carbocycles. The van der Waals surface area contributed by atoms with Gasteiger partial charge in [-0.3, -0.25) is 4.79 Å². The van der Waals surface area contributed by atoms with Gasteiger partial charge in [0.1, 0.15) is 0 Å². The third-order valence-corrected chi connectivity index (χ3v) is 2.86. The van der Waals surface area contributed by atoms with E-state index in [-0.39, 0.29) is 18.6 Å². The average molecular weight is 296 g/mol. The Bertz CT molecular complexity index is 500. The Hall–Kier alpha value is -1.81. The standard InChI is InChI=1S/C15H18ClNO3/c1-3-11(2)17-14(18)10-20-15(19)8-7-12-5-4-6-13(16)9-12/h4-9,11H,3,10H2,1-2H3,(H,17,18)/b8-7+/t11-/m0/s1. The number of amides is 1. The first-order chi connectivity index (χ1) is 9.51. The summed E-state index contributed by atoms with van der Waals surface area (Å²) < 4.78 is 4.83. The second-order valence-electron chi connectivity index (χ2n) is 4.37. The Balaban J connectivity index is 2.38. The molecule has 0 fully saturated rings. The van der Waals surface area contributed by atoms with Gasteiger partial charge in [0.15, 0.2) is 6.61 Å². The molecule has 0 unspecified atom stereocenters. The van der Waals surface area contributed by atoms with E-state index in [1.807, 2.05) is 19.9 Å². The molecule has 0 aromatic heterocycles. The minimum Gasteiger partial charge on any atom is -0.452 e. The summed E-state index contributed by atoms with van der Waals surface area (Å²) in [4.78, 5) is 22.8. The van der Waals surface area contributed by atoms with Crippen LogP contribution in [0.4, 0.5) is 0 Å². The first-order valence-corrected chi connectivity index (χ1v) is 6.78. The van der Waals surface area contributed by atoms with Gasteiger partial charge in [-0.05, 0) is 37.1 Å². The van der Waals surface area contributed by atoms with E-state index in [4.69, 9.17) is 16.3 Å². The summed E-state index contributed by atoms with van der Waals surface area (Å²) >= 11 is 5.82. The molecular formula is C15H18ClNO3. The zero-order valence-electron chi connectivity index (χ0n) is 11.6. The number of ether oxygens (including phenoxy) is 1. The van der Waals surface area contributed by atoms with E-state index in [0.717, 1.165) is 12.0 Å². The van der Waals surface area contributed by atoms with Crippen molar-refractivity contribution in [2.75, 3.05) is 6.61 Å². The lowest BCUT2D eigenvalue weighted by Gasteiger charge is -2.10. The van der Waals surface area contributed by atoms with Crippen molar-refractivity contribution in [2.24, 2.45) is 0 Å². The van der Waals surface area contributed by atoms with Crippen LogP contribution >= 0.6 is 11.6 Å². The monoisotopic (exact) mass is 295 g/mol. The van der Waals surface area contributed by atoms with Crippen LogP contribution in [0.5, 0.6) is 0 Å². The van der Waals surface area contributed by atoms with Crippen LogP contribution < -0.4 is 5.32 Å². The molecule has 1 amide bonds. The third kappa shape index (κ3) is 6.38. The van der Waals surface area contributed by atoms with E-state index in [1.54, 1.807) is 24.3 Å². The van der Waals surface area contributed by atoms with E-state index in [2.05, 4.69) is 5.32 Å². The topological polar surface area (TPSA) is 55.4 Å². The van der Waals surface area contributed by atoms with Crippen LogP contribution in [0.2, 0.25) is 5.02 Å². The van der Waals surface area contributed by atoms with Crippen molar-refractivity contribution in [3.05, 3.63) is 40.9 Å². The molecule has 4 nitrogen and oxygen atoms in total. The molecule has 0 radical (unpaired) electrons. The van der Waals surface area contributed by atoms with Crippen LogP contribution in [-0.2, 0) is 14.3 Å². The van der Waals surface area contributed by atoms with Crippen molar-refractivity contribution >= 4 is 29.6 Å². The molecule has 0 saturated carbocycles. The Morgan fingerprint density at radius 1 is 1.45 bits per heavy atom. The Morgan fingerprint density at radius 2 is 2.20 bits per heavy atom. The van der Waals surface area contributed by atoms with Crippen molar-refractivity contribution < 1.29 is 14.3 Å². The number of hydrogen-bond acceptors (Lipinski definition) is 3. The fourth-order valence-electron chi connectivity index (χ4n) is 1.38. The molecule has 0 aliphatic heterocycles. The lowest BCUT2D eigenvalue weighted by atomic mass is 10.2. The normalized spacial score (nSPS) is 12.2. The van der Waals surface area contributed by atoms with Crippen molar-refractivity contribution in [3.63, 3.8) is 0 Å². The Morgan fingerprint density at radius 3 is 2.85 bits per heavy atom. The maximum Gasteiger partial charge on any atom is 0.331 e. The second kappa shape index (κ2) is 8.38. The maximum atomic E-state index is 11.4. The van der Waals surface area contributed by atoms with E-state index in [0.29, 0.717) is 5.02 Å². The molecule has 1 rings (SSSR count). The minimum absolute atomic E-state index is 0.0724. The van der Waals surface area contributed by atoms with Gasteiger partial charge in [-0.2, -0.15) is 0 Å². The SMILES string of the molecule is CC[C@H](C)NC(=O)COC(=O)/C=C/c1cccc(Cl)c1. The molecule has 5 heteroatoms. The largest absolute Gasteiger partial charge is 0.452 e. The number of rotatable bonds is 6. The molecule has 108 valence electrons. The van der Waals surface area contributed by atoms with Crippen LogP contribution in [0, 0.1) is 0 Å². The summed E-state index contributed by atoms with van der Waals surface area (Å²) in [5.74, 6) is -0.867. The highest BCUT2D eigenvalue weighted by molar-refractivity contribution is 6.30. The second-order valence-corrected chi connectivity index (χ2v) is 4.81. The van der Waals surface area contributed by atoms with Gasteiger partial charge in [0, 0.05) is 17.1 Å². The first kappa shape index (κ1) is 16.2. The van der Waals surface area contributed by atoms with Crippen molar-refractivity contribution in [1.82, 2.24) is 5.32 Å². The molecule has 0 aliphatic rings. The highest BCUT2D eigenvalue weighted by atomic mass is 35.5. The number of esters is 1. The van der Waals surface area contributed by atoms with E-state index >= 15 is 0 Å². The van der Waals surface area contributed by atoms with E-state index < -0.39 is 5.97 Å². The number of hydrogen-bond donors (Lipinski definition) is 1. The van der Waals surface area contributed by atoms with Crippen LogP contribution in [0.1, 0.15) is 25.8 Å². The van der Waals surface area contributed by atoms with Gasteiger partial charge < -0.3 is 10.1 Å². The molecule has 1 aromatic rings. The fraction of sp³-hybridized carbons (Fsp3) is 0.333. The minimum atomic E-state index is -0.565. The molecule has 0 bridgehead atoms. The highest BCUT2D eigenvalue weighted by Crippen LogP contribution is 2.11. The summed E-state index contributed by atoms with van der Waals surface area (Å²) in [5, 5.41) is 3.30. The fourth-order valence-corrected chi connectivity index (χ4v) is 1.58. The van der Waals surface area contributed by atoms with Crippen molar-refractivity contribution in [2.45, 2.75) is 26.3 Å². The molecule has 0 saturated heterocycles. The zero-order chi connectivity index (χ0) is 15.0. The van der Waals surface area contributed by atoms with Crippen LogP contribution in [0.3, 0.4) is 0 Å². The van der Waals surface area contributed by atoms with Crippen LogP contribution in [0.25, 0.3) is 6.08 Å². The first-order valence-electron chi connectivity index (χ1n) is 6.41. The molecule has 20 heavy (non-hydrogen) atoms. The zero-order valence-corrected chi connectivity index (χ0v) is 12.3. The predicted octanol–water partition coefficient (Wildman–Crippen LogP) is 2.81. The van der Waals surface area contributed by atoms with Gasteiger partial charge in [-0.15, -0.1) is 0 Å². The average Bonchev–Trinajstić information content (AvgIpc) is 2.42. The third-order valence-electron chi connectivity index (χ3n) is 2.63. The maximum absolute atomic E-state index is 11.4. The van der Waals surface area contributed by atoms with Gasteiger partial charge in [0.2, 0.25) is 0 Å². The number of carbonyl (C=O) groups is 2. The summed E-state index contributed by atoms with van der Waals surface area (Å²) in [5.41, 5.74) is 0.790. The number of halogens is 1. The van der Waals surface area contributed by atoms with Gasteiger partial charge in [0.25, 0.3) is 5.91 Å². The molecule has 1 N–H and O–H groups in total. The molecule has 0 spiro atoms. The molecule has 0 aliphatic carbocycles. The van der Waals surface area contributed by atoms with E-state index in [9.17, 15) is 9.59 Å². The molecule has 1 atom stereocenters. The van der Waals surface area contributed by atoms with Crippen molar-refractivity contribution in [3.8, 4) is 0 Å². The van der Waals surface area contributed by atoms with Crippen LogP contribution in [-0.4, -0.2) is 24.5 Å². The summed E-state index contributed by atoms with van der Waals surface area (Å²) in [6.07, 6.45) is 3.68. The Labute approximate surface area is 123 Å². The summed E-state index contributed by atoms with van der Waals surface area (Å²) in [7, 11) is 0. The molecule has 0 heterocycles. The lowest BCUT2D eigenvalue weighted by Crippen LogP contribution is -2.35. The Kier molecular flexibility index (Phi) is 6.81. The van der Waals surface area contributed by atoms with Gasteiger partial charge >= 0.3 is 5.97 Å². The summed E-state index contributed by atoms with van der Waals surface area (Å²) in [6, 6.07) is 7.14. The smallest absolute Gasteiger partial charge is 0.331 e. The van der Waals surface area contributed by atoms with Crippen LogP contribution in [0.15, 0.2) is 30.3 Å².